The Labute approximate surface area is 454 Å². The second-order valence-corrected chi connectivity index (χ2v) is 26.0. The van der Waals surface area contributed by atoms with Gasteiger partial charge >= 0.3 is 5.97 Å². The van der Waals surface area contributed by atoms with Gasteiger partial charge < -0.3 is 42.4 Å². The molecule has 0 radical (unpaired) electrons. The van der Waals surface area contributed by atoms with Gasteiger partial charge in [-0.2, -0.15) is 13.0 Å². The molecule has 0 saturated heterocycles. The van der Waals surface area contributed by atoms with E-state index in [1.54, 1.807) is 55.5 Å². The molecule has 0 spiro atoms. The molecular formula is C51H59N2O20S5-3. The Morgan fingerprint density at radius 1 is 0.641 bits per heavy atom. The third-order valence-corrected chi connectivity index (χ3v) is 18.0. The normalized spacial score (nSPS) is 19.0. The van der Waals surface area contributed by atoms with Crippen molar-refractivity contribution in [1.82, 2.24) is 0 Å². The van der Waals surface area contributed by atoms with Crippen LogP contribution in [0.15, 0.2) is 116 Å². The van der Waals surface area contributed by atoms with E-state index in [4.69, 9.17) is 14.2 Å². The predicted octanol–water partition coefficient (Wildman–Crippen LogP) is 5.70. The molecule has 4 aromatic carbocycles. The largest absolute Gasteiger partial charge is 0.744 e. The first-order valence-corrected chi connectivity index (χ1v) is 31.6. The van der Waals surface area contributed by atoms with E-state index in [0.717, 1.165) is 12.1 Å². The van der Waals surface area contributed by atoms with Crippen LogP contribution in [0.4, 0.5) is 11.4 Å². The standard InChI is InChI=1S/C51H62N2O20S5/c1-5-52-41-20-18-37-39(31-35(75(59,60)61)33-43(37)77(65,66)67)48(41)51(3,23-25-72-28-29-73-27-26-71-4)45(52)15-10-7-6-8-11-16-46-50(2,22-14-30-74(56,57)58)49-40-32-36(76(62,63)64)34-44(78(68,69)70)38(40)19-21-42(49)53(46)24-13-9-12-17-47(54)55/h6-8,10-11,15-16,18-21,31-34H,5,9,12-14,17,22-30H2,1-4H3,(H5-,54,55,56,57,58,59,60,61,62,63,64,65,66,67,68,69,70)/p-3. The summed E-state index contributed by atoms with van der Waals surface area (Å²) in [4.78, 5) is 9.49. The number of anilines is 1. The van der Waals surface area contributed by atoms with Crippen molar-refractivity contribution in [1.29, 1.82) is 0 Å². The quantitative estimate of drug-likeness (QED) is 0.0298. The number of likely N-dealkylation sites (N-methyl/N-ethyl adjacent to an activating group) is 1. The number of hydrogen-bond acceptors (Lipinski definition) is 19. The van der Waals surface area contributed by atoms with E-state index in [0.29, 0.717) is 79.5 Å². The van der Waals surface area contributed by atoms with Gasteiger partial charge in [-0.3, -0.25) is 9.35 Å². The van der Waals surface area contributed by atoms with Crippen LogP contribution in [0.5, 0.6) is 0 Å². The zero-order chi connectivity index (χ0) is 57.6. The van der Waals surface area contributed by atoms with Crippen molar-refractivity contribution in [2.75, 3.05) is 63.9 Å². The van der Waals surface area contributed by atoms with Crippen molar-refractivity contribution in [3.8, 4) is 0 Å². The molecule has 0 bridgehead atoms. The smallest absolute Gasteiger partial charge is 0.303 e. The number of aliphatic carboxylic acids is 1. The summed E-state index contributed by atoms with van der Waals surface area (Å²) in [5.74, 6) is -1.70. The Morgan fingerprint density at radius 3 is 1.74 bits per heavy atom. The first kappa shape index (κ1) is 61.9. The molecule has 0 fully saturated rings. The van der Waals surface area contributed by atoms with Crippen LogP contribution in [-0.2, 0) is 80.4 Å². The lowest BCUT2D eigenvalue weighted by Gasteiger charge is -2.30. The predicted molar refractivity (Wildman–Crippen MR) is 283 cm³/mol. The van der Waals surface area contributed by atoms with Gasteiger partial charge in [0.1, 0.15) is 47.0 Å². The topological polar surface area (TPSA) is 354 Å². The van der Waals surface area contributed by atoms with Crippen LogP contribution in [0.3, 0.4) is 0 Å². The van der Waals surface area contributed by atoms with Crippen LogP contribution in [0.2, 0.25) is 0 Å². The summed E-state index contributed by atoms with van der Waals surface area (Å²) in [7, 11) is -24.3. The number of fused-ring (bicyclic) bond motifs is 6. The highest BCUT2D eigenvalue weighted by Gasteiger charge is 2.49. The zero-order valence-electron chi connectivity index (χ0n) is 42.9. The third-order valence-electron chi connectivity index (χ3n) is 13.8. The number of carboxylic acid groups (broad SMARTS) is 1. The Bertz CT molecular complexity index is 3720. The molecule has 0 aromatic heterocycles. The Morgan fingerprint density at radius 2 is 1.19 bits per heavy atom. The van der Waals surface area contributed by atoms with Gasteiger partial charge in [0.15, 0.2) is 5.71 Å². The van der Waals surface area contributed by atoms with Gasteiger partial charge in [-0.05, 0) is 117 Å². The van der Waals surface area contributed by atoms with Crippen LogP contribution in [0.25, 0.3) is 21.5 Å². The second kappa shape index (κ2) is 24.6. The lowest BCUT2D eigenvalue weighted by molar-refractivity contribution is -0.438. The Hall–Kier alpha value is -5.27. The van der Waals surface area contributed by atoms with Gasteiger partial charge in [0, 0.05) is 73.0 Å². The molecule has 4 aromatic rings. The molecule has 2 atom stereocenters. The van der Waals surface area contributed by atoms with E-state index >= 15 is 0 Å². The number of hydrogen-bond donors (Lipinski definition) is 2. The molecule has 0 aliphatic carbocycles. The van der Waals surface area contributed by atoms with Crippen LogP contribution in [0, 0.1) is 0 Å². The fourth-order valence-corrected chi connectivity index (χ4v) is 13.5. The van der Waals surface area contributed by atoms with E-state index in [-0.39, 0.29) is 79.2 Å². The lowest BCUT2D eigenvalue weighted by atomic mass is 9.74. The molecule has 2 N–H and O–H groups in total. The van der Waals surface area contributed by atoms with Crippen molar-refractivity contribution in [2.24, 2.45) is 0 Å². The van der Waals surface area contributed by atoms with Crippen molar-refractivity contribution in [2.45, 2.75) is 96.1 Å². The van der Waals surface area contributed by atoms with Crippen molar-refractivity contribution in [3.05, 3.63) is 108 Å². The number of carboxylic acids is 1. The van der Waals surface area contributed by atoms with E-state index < -0.39 is 92.7 Å². The first-order chi connectivity index (χ1) is 36.4. The fourth-order valence-electron chi connectivity index (χ4n) is 10.3. The summed E-state index contributed by atoms with van der Waals surface area (Å²) in [6.07, 6.45) is 12.9. The van der Waals surface area contributed by atoms with E-state index in [1.165, 1.54) is 25.3 Å². The summed E-state index contributed by atoms with van der Waals surface area (Å²) in [6.45, 7) is 7.23. The minimum atomic E-state index is -5.39. The SMILES string of the molecule is CCN1C(=CC=CC=CC=CC2=[N+](CCCCCC(=O)O)c3ccc4c(S(=O)(=O)[O-])cc(S(=O)(=O)[O-])cc4c3C2(C)CCCS(=O)(=O)O)C(C)(CCOCCOCCOC)c2c1ccc1c(S(=O)(=O)[O-])cc(S(=O)(=O)[O-])cc21. The summed E-state index contributed by atoms with van der Waals surface area (Å²) < 4.78 is 202. The number of ether oxygens (including phenoxy) is 3. The van der Waals surface area contributed by atoms with Crippen LogP contribution in [-0.4, -0.2) is 145 Å². The number of allylic oxidation sites excluding steroid dienone is 8. The molecular weight excluding hydrogens is 1120 g/mol. The van der Waals surface area contributed by atoms with E-state index in [2.05, 4.69) is 0 Å². The maximum atomic E-state index is 12.6. The summed E-state index contributed by atoms with van der Waals surface area (Å²) in [6, 6.07) is 8.92. The number of benzene rings is 4. The van der Waals surface area contributed by atoms with Gasteiger partial charge in [0.25, 0.3) is 10.1 Å². The molecule has 22 nitrogen and oxygen atoms in total. The van der Waals surface area contributed by atoms with Crippen LogP contribution >= 0.6 is 0 Å². The highest BCUT2D eigenvalue weighted by atomic mass is 32.2. The highest BCUT2D eigenvalue weighted by Crippen LogP contribution is 2.54. The van der Waals surface area contributed by atoms with Gasteiger partial charge in [0.05, 0.1) is 57.2 Å². The van der Waals surface area contributed by atoms with Gasteiger partial charge in [-0.1, -0.05) is 36.4 Å². The Balaban J connectivity index is 1.45. The number of rotatable bonds is 28. The molecule has 27 heteroatoms. The van der Waals surface area contributed by atoms with E-state index in [1.807, 2.05) is 23.3 Å². The molecule has 78 heavy (non-hydrogen) atoms. The summed E-state index contributed by atoms with van der Waals surface area (Å²) in [5.41, 5.74) is 0.386. The van der Waals surface area contributed by atoms with Gasteiger partial charge in [-0.15, -0.1) is 0 Å². The van der Waals surface area contributed by atoms with Crippen molar-refractivity contribution >= 4 is 95.2 Å². The molecule has 0 amide bonds. The van der Waals surface area contributed by atoms with Crippen LogP contribution < -0.4 is 4.90 Å². The molecule has 426 valence electrons. The lowest BCUT2D eigenvalue weighted by Crippen LogP contribution is -2.32. The number of nitrogens with zero attached hydrogens (tertiary/aromatic N) is 2. The van der Waals surface area contributed by atoms with Crippen molar-refractivity contribution in [3.63, 3.8) is 0 Å². The Kier molecular flexibility index (Phi) is 19.5. The molecule has 2 aliphatic rings. The number of carbonyl (C=O) groups is 1. The average molecular weight is 1180 g/mol. The maximum Gasteiger partial charge on any atom is 0.303 e. The van der Waals surface area contributed by atoms with Crippen LogP contribution in [0.1, 0.15) is 76.8 Å². The first-order valence-electron chi connectivity index (χ1n) is 24.4. The summed E-state index contributed by atoms with van der Waals surface area (Å²) >= 11 is 0. The third kappa shape index (κ3) is 14.2. The minimum absolute atomic E-state index is 0.0569. The molecule has 6 rings (SSSR count). The van der Waals surface area contributed by atoms with Gasteiger partial charge in [-0.25, -0.2) is 33.7 Å². The average Bonchev–Trinajstić information content (AvgIpc) is 3.99. The number of methoxy groups -OCH3 is 1. The molecule has 2 heterocycles. The molecule has 2 unspecified atom stereocenters. The highest BCUT2D eigenvalue weighted by molar-refractivity contribution is 7.87. The second-order valence-electron chi connectivity index (χ2n) is 19.0. The zero-order valence-corrected chi connectivity index (χ0v) is 47.0. The minimum Gasteiger partial charge on any atom is -0.744 e. The summed E-state index contributed by atoms with van der Waals surface area (Å²) in [5, 5.41) is 8.95. The molecule has 2 aliphatic heterocycles. The molecule has 0 saturated carbocycles. The fraction of sp³-hybridized carbons (Fsp3) is 0.412. The van der Waals surface area contributed by atoms with Crippen molar-refractivity contribution < 1.29 is 93.5 Å². The van der Waals surface area contributed by atoms with E-state index in [9.17, 15) is 74.8 Å². The number of unbranched alkanes of at least 4 members (excludes halogenated alkanes) is 2. The monoisotopic (exact) mass is 1180 g/mol. The van der Waals surface area contributed by atoms with Gasteiger partial charge in [0.2, 0.25) is 5.69 Å². The maximum absolute atomic E-state index is 12.6.